The summed E-state index contributed by atoms with van der Waals surface area (Å²) in [7, 11) is 0. The van der Waals surface area contributed by atoms with Crippen molar-refractivity contribution in [1.82, 2.24) is 10.2 Å². The standard InChI is InChI=1S/C30H43N3O3/c1-7-30(5,6)25-15-16-27-26(19-25)33(28(34)21-36-27)20-23-13-10-14-24(18-23)29(35)31-22(4)12-11-17-32(8-2)9-3/h10,13-16,18-19,22H,7-9,11-12,17,20-21H2,1-6H3,(H,31,35). The van der Waals surface area contributed by atoms with Crippen molar-refractivity contribution >= 4 is 17.5 Å². The number of carbonyl (C=O) groups is 2. The molecule has 1 unspecified atom stereocenters. The number of nitrogens with zero attached hydrogens (tertiary/aromatic N) is 2. The highest BCUT2D eigenvalue weighted by Crippen LogP contribution is 2.38. The number of anilines is 1. The molecule has 2 aromatic carbocycles. The van der Waals surface area contributed by atoms with Crippen molar-refractivity contribution in [1.29, 1.82) is 0 Å². The summed E-state index contributed by atoms with van der Waals surface area (Å²) in [4.78, 5) is 30.0. The number of hydrogen-bond donors (Lipinski definition) is 1. The van der Waals surface area contributed by atoms with E-state index in [1.807, 2.05) is 30.3 Å². The first kappa shape index (κ1) is 27.7. The largest absolute Gasteiger partial charge is 0.482 e. The fourth-order valence-electron chi connectivity index (χ4n) is 4.53. The predicted octanol–water partition coefficient (Wildman–Crippen LogP) is 5.54. The van der Waals surface area contributed by atoms with Crippen molar-refractivity contribution < 1.29 is 14.3 Å². The Balaban J connectivity index is 1.70. The summed E-state index contributed by atoms with van der Waals surface area (Å²) in [6.45, 7) is 16.6. The lowest BCUT2D eigenvalue weighted by molar-refractivity contribution is -0.121. The van der Waals surface area contributed by atoms with Gasteiger partial charge in [0.1, 0.15) is 5.75 Å². The van der Waals surface area contributed by atoms with Gasteiger partial charge < -0.3 is 19.9 Å². The number of carbonyl (C=O) groups excluding carboxylic acids is 2. The summed E-state index contributed by atoms with van der Waals surface area (Å²) in [6.07, 6.45) is 2.99. The smallest absolute Gasteiger partial charge is 0.265 e. The summed E-state index contributed by atoms with van der Waals surface area (Å²) >= 11 is 0. The Morgan fingerprint density at radius 1 is 1.14 bits per heavy atom. The molecule has 0 saturated heterocycles. The van der Waals surface area contributed by atoms with Gasteiger partial charge in [-0.3, -0.25) is 9.59 Å². The zero-order valence-corrected chi connectivity index (χ0v) is 22.9. The van der Waals surface area contributed by atoms with Crippen LogP contribution in [0.25, 0.3) is 0 Å². The number of benzene rings is 2. The van der Waals surface area contributed by atoms with Crippen molar-refractivity contribution in [2.45, 2.75) is 78.8 Å². The molecule has 1 heterocycles. The lowest BCUT2D eigenvalue weighted by Crippen LogP contribution is -2.38. The molecular weight excluding hydrogens is 450 g/mol. The van der Waals surface area contributed by atoms with Gasteiger partial charge in [0.15, 0.2) is 6.61 Å². The maximum Gasteiger partial charge on any atom is 0.265 e. The van der Waals surface area contributed by atoms with E-state index in [0.29, 0.717) is 12.1 Å². The minimum absolute atomic E-state index is 0.00125. The summed E-state index contributed by atoms with van der Waals surface area (Å²) in [6, 6.07) is 13.8. The molecule has 6 heteroatoms. The number of hydrogen-bond acceptors (Lipinski definition) is 4. The van der Waals surface area contributed by atoms with Crippen LogP contribution < -0.4 is 15.0 Å². The van der Waals surface area contributed by atoms with Crippen LogP contribution >= 0.6 is 0 Å². The third-order valence-electron chi connectivity index (χ3n) is 7.48. The van der Waals surface area contributed by atoms with Crippen LogP contribution in [0, 0.1) is 0 Å². The Labute approximate surface area is 217 Å². The molecule has 0 spiro atoms. The number of nitrogens with one attached hydrogen (secondary N) is 1. The van der Waals surface area contributed by atoms with Crippen LogP contribution in [0.1, 0.15) is 82.3 Å². The summed E-state index contributed by atoms with van der Waals surface area (Å²) in [5, 5.41) is 3.13. The van der Waals surface area contributed by atoms with Crippen LogP contribution in [0.15, 0.2) is 42.5 Å². The molecule has 2 aromatic rings. The zero-order valence-electron chi connectivity index (χ0n) is 22.9. The molecule has 1 aliphatic heterocycles. The molecule has 6 nitrogen and oxygen atoms in total. The maximum absolute atomic E-state index is 12.9. The van der Waals surface area contributed by atoms with E-state index in [-0.39, 0.29) is 29.9 Å². The van der Waals surface area contributed by atoms with E-state index >= 15 is 0 Å². The van der Waals surface area contributed by atoms with Crippen LogP contribution in [-0.2, 0) is 16.8 Å². The predicted molar refractivity (Wildman–Crippen MR) is 147 cm³/mol. The molecule has 1 aliphatic rings. The summed E-state index contributed by atoms with van der Waals surface area (Å²) in [5.74, 6) is 0.566. The molecule has 1 N–H and O–H groups in total. The Morgan fingerprint density at radius 3 is 2.58 bits per heavy atom. The van der Waals surface area contributed by atoms with E-state index in [4.69, 9.17) is 4.74 Å². The Morgan fingerprint density at radius 2 is 1.89 bits per heavy atom. The molecular formula is C30H43N3O3. The van der Waals surface area contributed by atoms with Gasteiger partial charge in [0.2, 0.25) is 0 Å². The average molecular weight is 494 g/mol. The van der Waals surface area contributed by atoms with Crippen molar-refractivity contribution in [3.63, 3.8) is 0 Å². The van der Waals surface area contributed by atoms with Gasteiger partial charge in [0, 0.05) is 11.6 Å². The van der Waals surface area contributed by atoms with Gasteiger partial charge in [-0.2, -0.15) is 0 Å². The first-order valence-electron chi connectivity index (χ1n) is 13.4. The molecule has 2 amide bonds. The molecule has 0 aromatic heterocycles. The zero-order chi connectivity index (χ0) is 26.3. The fourth-order valence-corrected chi connectivity index (χ4v) is 4.53. The van der Waals surface area contributed by atoms with E-state index in [2.05, 4.69) is 63.9 Å². The fraction of sp³-hybridized carbons (Fsp3) is 0.533. The van der Waals surface area contributed by atoms with E-state index in [1.165, 1.54) is 5.56 Å². The molecule has 0 fully saturated rings. The molecule has 0 aliphatic carbocycles. The summed E-state index contributed by atoms with van der Waals surface area (Å²) in [5.41, 5.74) is 3.50. The number of fused-ring (bicyclic) bond motifs is 1. The monoisotopic (exact) mass is 493 g/mol. The lowest BCUT2D eigenvalue weighted by Gasteiger charge is -2.32. The molecule has 0 saturated carbocycles. The van der Waals surface area contributed by atoms with Gasteiger partial charge in [-0.05, 0) is 86.6 Å². The quantitative estimate of drug-likeness (QED) is 0.422. The highest BCUT2D eigenvalue weighted by molar-refractivity contribution is 5.98. The Hall–Kier alpha value is -2.86. The SMILES string of the molecule is CCN(CC)CCCC(C)NC(=O)c1cccc(CN2C(=O)COc3ccc(C(C)(C)CC)cc32)c1. The molecule has 3 rings (SSSR count). The number of amides is 2. The van der Waals surface area contributed by atoms with Gasteiger partial charge in [-0.15, -0.1) is 0 Å². The van der Waals surface area contributed by atoms with Crippen LogP contribution in [0.5, 0.6) is 5.75 Å². The molecule has 36 heavy (non-hydrogen) atoms. The number of rotatable bonds is 12. The van der Waals surface area contributed by atoms with Crippen LogP contribution in [0.2, 0.25) is 0 Å². The minimum Gasteiger partial charge on any atom is -0.482 e. The van der Waals surface area contributed by atoms with E-state index < -0.39 is 0 Å². The highest BCUT2D eigenvalue weighted by atomic mass is 16.5. The van der Waals surface area contributed by atoms with Gasteiger partial charge in [-0.25, -0.2) is 0 Å². The van der Waals surface area contributed by atoms with Crippen molar-refractivity contribution in [2.24, 2.45) is 0 Å². The second-order valence-corrected chi connectivity index (χ2v) is 10.4. The molecule has 0 radical (unpaired) electrons. The Kier molecular flexibility index (Phi) is 9.55. The van der Waals surface area contributed by atoms with Crippen LogP contribution in [0.4, 0.5) is 5.69 Å². The highest BCUT2D eigenvalue weighted by Gasteiger charge is 2.28. The third kappa shape index (κ3) is 6.88. The van der Waals surface area contributed by atoms with Crippen LogP contribution in [0.3, 0.4) is 0 Å². The summed E-state index contributed by atoms with van der Waals surface area (Å²) < 4.78 is 5.71. The van der Waals surface area contributed by atoms with E-state index in [1.54, 1.807) is 4.90 Å². The maximum atomic E-state index is 12.9. The van der Waals surface area contributed by atoms with Crippen LogP contribution in [-0.4, -0.2) is 49.0 Å². The Bertz CT molecular complexity index is 1050. The molecule has 1 atom stereocenters. The van der Waals surface area contributed by atoms with Gasteiger partial charge in [-0.1, -0.05) is 52.8 Å². The van der Waals surface area contributed by atoms with Crippen molar-refractivity contribution in [3.05, 3.63) is 59.2 Å². The lowest BCUT2D eigenvalue weighted by atomic mass is 9.82. The minimum atomic E-state index is -0.0781. The third-order valence-corrected chi connectivity index (χ3v) is 7.48. The van der Waals surface area contributed by atoms with Crippen molar-refractivity contribution in [3.8, 4) is 5.75 Å². The second-order valence-electron chi connectivity index (χ2n) is 10.4. The van der Waals surface area contributed by atoms with E-state index in [0.717, 1.165) is 55.9 Å². The average Bonchev–Trinajstić information content (AvgIpc) is 2.88. The van der Waals surface area contributed by atoms with Gasteiger partial charge >= 0.3 is 0 Å². The molecule has 196 valence electrons. The molecule has 0 bridgehead atoms. The van der Waals surface area contributed by atoms with E-state index in [9.17, 15) is 9.59 Å². The van der Waals surface area contributed by atoms with Gasteiger partial charge in [0.25, 0.3) is 11.8 Å². The van der Waals surface area contributed by atoms with Gasteiger partial charge in [0.05, 0.1) is 12.2 Å². The first-order valence-corrected chi connectivity index (χ1v) is 13.4. The normalized spacial score (nSPS) is 14.4. The second kappa shape index (κ2) is 12.4. The topological polar surface area (TPSA) is 61.9 Å². The number of ether oxygens (including phenoxy) is 1. The van der Waals surface area contributed by atoms with Crippen molar-refractivity contribution in [2.75, 3.05) is 31.1 Å². The first-order chi connectivity index (χ1) is 17.2.